The van der Waals surface area contributed by atoms with E-state index >= 15 is 0 Å². The largest absolute Gasteiger partial charge is 0.469 e. The van der Waals surface area contributed by atoms with Gasteiger partial charge in [-0.15, -0.1) is 0 Å². The van der Waals surface area contributed by atoms with E-state index in [9.17, 15) is 14.4 Å². The van der Waals surface area contributed by atoms with E-state index in [-0.39, 0.29) is 36.8 Å². The van der Waals surface area contributed by atoms with Gasteiger partial charge in [0.05, 0.1) is 31.0 Å². The van der Waals surface area contributed by atoms with Gasteiger partial charge in [0.25, 0.3) is 5.56 Å². The SMILES string of the molecule is COC(=O)CCNC(=O)Cc1n[nH]c(=O)c2ccccc12. The summed E-state index contributed by atoms with van der Waals surface area (Å²) in [7, 11) is 1.29. The van der Waals surface area contributed by atoms with Gasteiger partial charge in [0.2, 0.25) is 5.91 Å². The number of aromatic nitrogens is 2. The second-order valence-electron chi connectivity index (χ2n) is 4.40. The number of rotatable bonds is 5. The van der Waals surface area contributed by atoms with Gasteiger partial charge in [0.15, 0.2) is 0 Å². The summed E-state index contributed by atoms with van der Waals surface area (Å²) in [5.74, 6) is -0.661. The first-order chi connectivity index (χ1) is 10.1. The maximum Gasteiger partial charge on any atom is 0.307 e. The van der Waals surface area contributed by atoms with Crippen LogP contribution in [0.1, 0.15) is 12.1 Å². The minimum atomic E-state index is -0.386. The van der Waals surface area contributed by atoms with Gasteiger partial charge >= 0.3 is 5.97 Å². The average Bonchev–Trinajstić information content (AvgIpc) is 2.50. The maximum atomic E-state index is 11.8. The number of benzene rings is 1. The lowest BCUT2D eigenvalue weighted by atomic mass is 10.1. The van der Waals surface area contributed by atoms with Gasteiger partial charge in [-0.05, 0) is 6.07 Å². The number of esters is 1. The highest BCUT2D eigenvalue weighted by Gasteiger charge is 2.10. The van der Waals surface area contributed by atoms with Crippen LogP contribution in [0.5, 0.6) is 0 Å². The van der Waals surface area contributed by atoms with Crippen molar-refractivity contribution in [2.45, 2.75) is 12.8 Å². The molecule has 7 nitrogen and oxygen atoms in total. The van der Waals surface area contributed by atoms with Gasteiger partial charge in [0, 0.05) is 11.9 Å². The number of carbonyl (C=O) groups excluding carboxylic acids is 2. The molecule has 0 saturated heterocycles. The molecule has 21 heavy (non-hydrogen) atoms. The van der Waals surface area contributed by atoms with E-state index in [0.717, 1.165) is 0 Å². The molecule has 2 rings (SSSR count). The molecule has 0 radical (unpaired) electrons. The summed E-state index contributed by atoms with van der Waals surface area (Å²) in [6.07, 6.45) is 0.139. The van der Waals surface area contributed by atoms with E-state index < -0.39 is 0 Å². The molecule has 1 aromatic heterocycles. The van der Waals surface area contributed by atoms with Crippen LogP contribution in [0.2, 0.25) is 0 Å². The molecule has 7 heteroatoms. The fourth-order valence-electron chi connectivity index (χ4n) is 1.93. The first-order valence-corrected chi connectivity index (χ1v) is 6.41. The first-order valence-electron chi connectivity index (χ1n) is 6.41. The lowest BCUT2D eigenvalue weighted by Crippen LogP contribution is -2.28. The van der Waals surface area contributed by atoms with Crippen LogP contribution in [0.3, 0.4) is 0 Å². The smallest absolute Gasteiger partial charge is 0.307 e. The summed E-state index contributed by atoms with van der Waals surface area (Å²) < 4.78 is 4.48. The molecule has 1 aromatic carbocycles. The molecule has 0 fully saturated rings. The molecule has 1 amide bonds. The Balaban J connectivity index is 2.06. The van der Waals surface area contributed by atoms with E-state index in [1.807, 2.05) is 0 Å². The third-order valence-electron chi connectivity index (χ3n) is 2.98. The number of fused-ring (bicyclic) bond motifs is 1. The molecular weight excluding hydrogens is 274 g/mol. The number of nitrogens with one attached hydrogen (secondary N) is 2. The van der Waals surface area contributed by atoms with Gasteiger partial charge in [-0.1, -0.05) is 18.2 Å². The van der Waals surface area contributed by atoms with Gasteiger partial charge in [0.1, 0.15) is 0 Å². The van der Waals surface area contributed by atoms with Crippen LogP contribution in [0, 0.1) is 0 Å². The van der Waals surface area contributed by atoms with Crippen molar-refractivity contribution in [3.63, 3.8) is 0 Å². The van der Waals surface area contributed by atoms with E-state index in [0.29, 0.717) is 16.5 Å². The quantitative estimate of drug-likeness (QED) is 0.763. The van der Waals surface area contributed by atoms with Crippen molar-refractivity contribution in [1.82, 2.24) is 15.5 Å². The highest BCUT2D eigenvalue weighted by atomic mass is 16.5. The minimum Gasteiger partial charge on any atom is -0.469 e. The van der Waals surface area contributed by atoms with Crippen LogP contribution < -0.4 is 10.9 Å². The number of methoxy groups -OCH3 is 1. The summed E-state index contributed by atoms with van der Waals surface area (Å²) in [4.78, 5) is 34.4. The molecule has 2 aromatic rings. The van der Waals surface area contributed by atoms with Crippen LogP contribution in [0.4, 0.5) is 0 Å². The van der Waals surface area contributed by atoms with Gasteiger partial charge in [-0.3, -0.25) is 14.4 Å². The second-order valence-corrected chi connectivity index (χ2v) is 4.40. The Bertz CT molecular complexity index is 723. The zero-order valence-corrected chi connectivity index (χ0v) is 11.5. The normalized spacial score (nSPS) is 10.3. The molecule has 0 unspecified atom stereocenters. The van der Waals surface area contributed by atoms with Crippen LogP contribution in [0.25, 0.3) is 10.8 Å². The number of nitrogens with zero attached hydrogens (tertiary/aromatic N) is 1. The van der Waals surface area contributed by atoms with Gasteiger partial charge in [-0.2, -0.15) is 5.10 Å². The number of hydrogen-bond acceptors (Lipinski definition) is 5. The number of H-pyrrole nitrogens is 1. The highest BCUT2D eigenvalue weighted by molar-refractivity contribution is 5.88. The van der Waals surface area contributed by atoms with E-state index in [1.165, 1.54) is 7.11 Å². The molecular formula is C14H15N3O4. The van der Waals surface area contributed by atoms with Crippen LogP contribution in [-0.2, 0) is 20.7 Å². The third-order valence-corrected chi connectivity index (χ3v) is 2.98. The van der Waals surface area contributed by atoms with E-state index in [4.69, 9.17) is 0 Å². The Labute approximate surface area is 120 Å². The summed E-state index contributed by atoms with van der Waals surface area (Å²) >= 11 is 0. The standard InChI is InChI=1S/C14H15N3O4/c1-21-13(19)6-7-15-12(18)8-11-9-4-2-3-5-10(9)14(20)17-16-11/h2-5H,6-8H2,1H3,(H,15,18)(H,17,20). The van der Waals surface area contributed by atoms with Crippen molar-refractivity contribution in [3.8, 4) is 0 Å². The van der Waals surface area contributed by atoms with Crippen molar-refractivity contribution in [3.05, 3.63) is 40.3 Å². The summed E-state index contributed by atoms with van der Waals surface area (Å²) in [6.45, 7) is 0.201. The molecule has 0 aliphatic rings. The summed E-state index contributed by atoms with van der Waals surface area (Å²) in [5.41, 5.74) is 0.196. The molecule has 1 heterocycles. The second kappa shape index (κ2) is 6.65. The molecule has 0 atom stereocenters. The first kappa shape index (κ1) is 14.7. The van der Waals surface area contributed by atoms with Crippen LogP contribution in [0.15, 0.2) is 29.1 Å². The molecule has 110 valence electrons. The molecule has 0 spiro atoms. The van der Waals surface area contributed by atoms with Crippen molar-refractivity contribution in [2.75, 3.05) is 13.7 Å². The molecule has 2 N–H and O–H groups in total. The van der Waals surface area contributed by atoms with Gasteiger partial charge < -0.3 is 10.1 Å². The topological polar surface area (TPSA) is 101 Å². The zero-order chi connectivity index (χ0) is 15.2. The van der Waals surface area contributed by atoms with Crippen LogP contribution >= 0.6 is 0 Å². The number of hydrogen-bond donors (Lipinski definition) is 2. The number of ether oxygens (including phenoxy) is 1. The Morgan fingerprint density at radius 2 is 2.00 bits per heavy atom. The lowest BCUT2D eigenvalue weighted by molar-refractivity contribution is -0.140. The Kier molecular flexibility index (Phi) is 4.65. The highest BCUT2D eigenvalue weighted by Crippen LogP contribution is 2.12. The van der Waals surface area contributed by atoms with Gasteiger partial charge in [-0.25, -0.2) is 5.10 Å². The monoisotopic (exact) mass is 289 g/mol. The minimum absolute atomic E-state index is 0.0263. The molecule has 0 saturated carbocycles. The summed E-state index contributed by atoms with van der Waals surface area (Å²) in [5, 5.41) is 10.0. The predicted octanol–water partition coefficient (Wildman–Crippen LogP) is 0.145. The Morgan fingerprint density at radius 3 is 2.71 bits per heavy atom. The number of amides is 1. The Hall–Kier alpha value is -2.70. The number of carbonyl (C=O) groups is 2. The fraction of sp³-hybridized carbons (Fsp3) is 0.286. The van der Waals surface area contributed by atoms with Crippen molar-refractivity contribution >= 4 is 22.6 Å². The Morgan fingerprint density at radius 1 is 1.29 bits per heavy atom. The lowest BCUT2D eigenvalue weighted by Gasteiger charge is -2.06. The third kappa shape index (κ3) is 3.65. The molecule has 0 bridgehead atoms. The van der Waals surface area contributed by atoms with Crippen LogP contribution in [-0.4, -0.2) is 35.7 Å². The van der Waals surface area contributed by atoms with E-state index in [2.05, 4.69) is 20.3 Å². The molecule has 0 aliphatic heterocycles. The zero-order valence-electron chi connectivity index (χ0n) is 11.5. The maximum absolute atomic E-state index is 11.8. The van der Waals surface area contributed by atoms with E-state index in [1.54, 1.807) is 24.3 Å². The summed E-state index contributed by atoms with van der Waals surface area (Å²) in [6, 6.07) is 6.95. The van der Waals surface area contributed by atoms with Crippen molar-refractivity contribution in [2.24, 2.45) is 0 Å². The predicted molar refractivity (Wildman–Crippen MR) is 75.7 cm³/mol. The average molecular weight is 289 g/mol. The van der Waals surface area contributed by atoms with Crippen molar-refractivity contribution < 1.29 is 14.3 Å². The van der Waals surface area contributed by atoms with Crippen molar-refractivity contribution in [1.29, 1.82) is 0 Å². The molecule has 0 aliphatic carbocycles. The number of aromatic amines is 1. The fourth-order valence-corrected chi connectivity index (χ4v) is 1.93.